The van der Waals surface area contributed by atoms with Gasteiger partial charge in [-0.3, -0.25) is 9.59 Å². The van der Waals surface area contributed by atoms with Gasteiger partial charge in [0, 0.05) is 40.5 Å². The van der Waals surface area contributed by atoms with Crippen molar-refractivity contribution in [3.05, 3.63) is 22.1 Å². The molecule has 0 bridgehead atoms. The largest absolute Gasteiger partial charge is 0.477 e. The van der Waals surface area contributed by atoms with Crippen LogP contribution in [-0.4, -0.2) is 77.0 Å². The molecule has 1 unspecified atom stereocenters. The Morgan fingerprint density at radius 1 is 1.44 bits per heavy atom. The molecule has 32 heavy (non-hydrogen) atoms. The maximum Gasteiger partial charge on any atom is 0.353 e. The predicted molar refractivity (Wildman–Crippen MR) is 120 cm³/mol. The minimum absolute atomic E-state index is 0.0241. The zero-order valence-corrected chi connectivity index (χ0v) is 19.9. The number of hydrogen-bond donors (Lipinski definition) is 5. The van der Waals surface area contributed by atoms with Crippen LogP contribution in [0.1, 0.15) is 20.3 Å². The second-order valence-corrected chi connectivity index (χ2v) is 11.6. The van der Waals surface area contributed by atoms with E-state index in [1.165, 1.54) is 33.8 Å². The lowest BCUT2D eigenvalue weighted by atomic mass is 9.79. The van der Waals surface area contributed by atoms with Crippen molar-refractivity contribution in [3.63, 3.8) is 0 Å². The van der Waals surface area contributed by atoms with Gasteiger partial charge in [0.25, 0.3) is 16.1 Å². The zero-order valence-electron chi connectivity index (χ0n) is 17.4. The van der Waals surface area contributed by atoms with Gasteiger partial charge >= 0.3 is 5.97 Å². The van der Waals surface area contributed by atoms with Gasteiger partial charge in [0.2, 0.25) is 5.91 Å². The molecule has 11 nitrogen and oxygen atoms in total. The third kappa shape index (κ3) is 5.31. The molecule has 6 atom stereocenters. The Hall–Kier alpha value is -1.58. The van der Waals surface area contributed by atoms with E-state index in [1.54, 1.807) is 11.6 Å². The molecule has 0 radical (unpaired) electrons. The van der Waals surface area contributed by atoms with Crippen LogP contribution in [0.3, 0.4) is 0 Å². The third-order valence-electron chi connectivity index (χ3n) is 5.64. The molecule has 2 fully saturated rings. The smallest absolute Gasteiger partial charge is 0.353 e. The molecule has 0 aromatic heterocycles. The lowest BCUT2D eigenvalue weighted by molar-refractivity contribution is -0.163. The van der Waals surface area contributed by atoms with E-state index in [2.05, 4.69) is 5.32 Å². The fourth-order valence-electron chi connectivity index (χ4n) is 4.31. The zero-order chi connectivity index (χ0) is 23.8. The molecule has 2 amide bonds. The van der Waals surface area contributed by atoms with Crippen LogP contribution in [0.5, 0.6) is 0 Å². The van der Waals surface area contributed by atoms with Crippen LogP contribution in [0, 0.1) is 11.8 Å². The number of hydrogen-bond acceptors (Lipinski definition) is 9. The number of carbonyl (C=O) groups is 3. The molecular formula is C18H26N4O7S3. The standard InChI is InChI=1S/C18H26N4O7S3/c1-8-14-13(9(2)23)17(25)22(14)15(18(26)27)16(8)31-11-5-10(20-6-11)7-30-4-3-12(24)21-32(19,28)29/h3-4,8-11,13-14,20,23H,5-7H2,1-2H3,(H,21,24)(H,26,27)(H2,19,28,29)/b4-3+/t8-,9-,10+,11+,13-,14?/m1/s1. The number of carboxylic acid groups (broad SMARTS) is 1. The summed E-state index contributed by atoms with van der Waals surface area (Å²) in [4.78, 5) is 37.7. The van der Waals surface area contributed by atoms with Gasteiger partial charge in [-0.25, -0.2) is 14.7 Å². The van der Waals surface area contributed by atoms with Gasteiger partial charge < -0.3 is 20.4 Å². The molecule has 0 aromatic carbocycles. The summed E-state index contributed by atoms with van der Waals surface area (Å²) in [5.74, 6) is -2.43. The van der Waals surface area contributed by atoms with Crippen molar-refractivity contribution in [2.75, 3.05) is 12.3 Å². The van der Waals surface area contributed by atoms with Gasteiger partial charge in [-0.15, -0.1) is 23.5 Å². The lowest BCUT2D eigenvalue weighted by Crippen LogP contribution is -2.63. The molecule has 2 saturated heterocycles. The van der Waals surface area contributed by atoms with Crippen LogP contribution in [-0.2, 0) is 24.6 Å². The van der Waals surface area contributed by atoms with Crippen LogP contribution in [0.2, 0.25) is 0 Å². The van der Waals surface area contributed by atoms with Crippen molar-refractivity contribution in [1.82, 2.24) is 14.9 Å². The Balaban J connectivity index is 1.55. The number of aliphatic hydroxyl groups excluding tert-OH is 1. The highest BCUT2D eigenvalue weighted by Crippen LogP contribution is 2.51. The summed E-state index contributed by atoms with van der Waals surface area (Å²) in [7, 11) is -4.09. The van der Waals surface area contributed by atoms with Gasteiger partial charge in [-0.2, -0.15) is 8.42 Å². The van der Waals surface area contributed by atoms with E-state index < -0.39 is 34.1 Å². The Morgan fingerprint density at radius 2 is 2.12 bits per heavy atom. The summed E-state index contributed by atoms with van der Waals surface area (Å²) in [5.41, 5.74) is 0.0241. The first-order valence-electron chi connectivity index (χ1n) is 9.92. The number of rotatable bonds is 9. The van der Waals surface area contributed by atoms with Gasteiger partial charge in [0.15, 0.2) is 0 Å². The van der Waals surface area contributed by atoms with E-state index in [4.69, 9.17) is 5.14 Å². The van der Waals surface area contributed by atoms with Crippen molar-refractivity contribution in [1.29, 1.82) is 0 Å². The molecular weight excluding hydrogens is 480 g/mol. The monoisotopic (exact) mass is 506 g/mol. The average Bonchev–Trinajstić information content (AvgIpc) is 3.19. The number of nitrogens with zero attached hydrogens (tertiary/aromatic N) is 1. The number of thioether (sulfide) groups is 2. The molecule has 0 saturated carbocycles. The first-order valence-corrected chi connectivity index (χ1v) is 13.4. The summed E-state index contributed by atoms with van der Waals surface area (Å²) in [5, 5.41) is 29.3. The highest BCUT2D eigenvalue weighted by molar-refractivity contribution is 8.03. The number of nitrogens with two attached hydrogens (primary N) is 1. The number of β-lactam (4-membered cyclic amide) rings is 1. The number of aliphatic carboxylic acids is 1. The third-order valence-corrected chi connectivity index (χ3v) is 8.56. The fourth-order valence-corrected chi connectivity index (χ4v) is 7.00. The molecule has 3 aliphatic heterocycles. The molecule has 6 N–H and O–H groups in total. The molecule has 0 aliphatic carbocycles. The van der Waals surface area contributed by atoms with Crippen molar-refractivity contribution in [3.8, 4) is 0 Å². The summed E-state index contributed by atoms with van der Waals surface area (Å²) in [6.07, 6.45) is 1.01. The maximum atomic E-state index is 12.4. The normalized spacial score (nSPS) is 31.1. The number of carboxylic acids is 1. The van der Waals surface area contributed by atoms with E-state index >= 15 is 0 Å². The Kier molecular flexibility index (Phi) is 7.62. The molecule has 3 aliphatic rings. The summed E-state index contributed by atoms with van der Waals surface area (Å²) in [6.45, 7) is 4.10. The van der Waals surface area contributed by atoms with Crippen molar-refractivity contribution in [2.45, 2.75) is 43.7 Å². The van der Waals surface area contributed by atoms with Crippen LogP contribution in [0.15, 0.2) is 22.1 Å². The molecule has 178 valence electrons. The Bertz CT molecular complexity index is 966. The first kappa shape index (κ1) is 25.1. The highest BCUT2D eigenvalue weighted by atomic mass is 32.2. The van der Waals surface area contributed by atoms with E-state index in [-0.39, 0.29) is 34.9 Å². The number of aliphatic hydroxyl groups is 1. The number of amides is 2. The summed E-state index contributed by atoms with van der Waals surface area (Å²) < 4.78 is 23.2. The van der Waals surface area contributed by atoms with Crippen molar-refractivity contribution >= 4 is 51.5 Å². The Labute approximate surface area is 194 Å². The predicted octanol–water partition coefficient (Wildman–Crippen LogP) is -0.830. The first-order chi connectivity index (χ1) is 14.9. The molecule has 0 aromatic rings. The quantitative estimate of drug-likeness (QED) is 0.196. The minimum atomic E-state index is -4.09. The van der Waals surface area contributed by atoms with Crippen LogP contribution in [0.4, 0.5) is 0 Å². The molecule has 3 heterocycles. The molecule has 3 rings (SSSR count). The van der Waals surface area contributed by atoms with Crippen LogP contribution in [0.25, 0.3) is 0 Å². The minimum Gasteiger partial charge on any atom is -0.477 e. The fraction of sp³-hybridized carbons (Fsp3) is 0.611. The number of fused-ring (bicyclic) bond motifs is 1. The van der Waals surface area contributed by atoms with Crippen LogP contribution < -0.4 is 15.2 Å². The van der Waals surface area contributed by atoms with Gasteiger partial charge in [0.1, 0.15) is 5.70 Å². The van der Waals surface area contributed by atoms with E-state index in [0.29, 0.717) is 17.2 Å². The highest BCUT2D eigenvalue weighted by Gasteiger charge is 2.60. The second kappa shape index (κ2) is 9.73. The van der Waals surface area contributed by atoms with E-state index in [1.807, 2.05) is 6.92 Å². The van der Waals surface area contributed by atoms with Gasteiger partial charge in [0.05, 0.1) is 18.1 Å². The van der Waals surface area contributed by atoms with E-state index in [9.17, 15) is 33.0 Å². The van der Waals surface area contributed by atoms with Gasteiger partial charge in [-0.1, -0.05) is 6.92 Å². The van der Waals surface area contributed by atoms with Crippen molar-refractivity contribution < 1.29 is 33.0 Å². The average molecular weight is 507 g/mol. The lowest BCUT2D eigenvalue weighted by Gasteiger charge is -2.46. The number of nitrogens with one attached hydrogen (secondary N) is 2. The van der Waals surface area contributed by atoms with E-state index in [0.717, 1.165) is 12.5 Å². The van der Waals surface area contributed by atoms with Crippen molar-refractivity contribution in [2.24, 2.45) is 17.0 Å². The SMILES string of the molecule is C[C@H]1C(S[C@@H]2CN[C@H](CS/C=C/C(=O)NS(N)(=O)=O)C2)=C(C(=O)O)N2C(=O)[C@H]([C@@H](C)O)C12. The second-order valence-electron chi connectivity index (χ2n) is 8.00. The number of carbonyl (C=O) groups excluding carboxylic acids is 2. The topological polar surface area (TPSA) is 179 Å². The summed E-state index contributed by atoms with van der Waals surface area (Å²) >= 11 is 2.80. The van der Waals surface area contributed by atoms with Crippen LogP contribution >= 0.6 is 23.5 Å². The van der Waals surface area contributed by atoms with Gasteiger partial charge in [-0.05, 0) is 18.8 Å². The molecule has 0 spiro atoms. The maximum absolute atomic E-state index is 12.4. The summed E-state index contributed by atoms with van der Waals surface area (Å²) in [6, 6.07) is -0.205. The molecule has 14 heteroatoms. The Morgan fingerprint density at radius 3 is 2.72 bits per heavy atom.